The summed E-state index contributed by atoms with van der Waals surface area (Å²) >= 11 is 5.94. The van der Waals surface area contributed by atoms with E-state index in [9.17, 15) is 4.79 Å². The largest absolute Gasteiger partial charge is 0.299 e. The van der Waals surface area contributed by atoms with Crippen molar-refractivity contribution in [1.29, 1.82) is 0 Å². The molecular weight excluding hydrogens is 210 g/mol. The van der Waals surface area contributed by atoms with Crippen LogP contribution in [0.5, 0.6) is 0 Å². The lowest BCUT2D eigenvalue weighted by Crippen LogP contribution is -2.13. The number of ketones is 1. The molecule has 1 rings (SSSR count). The van der Waals surface area contributed by atoms with Gasteiger partial charge >= 0.3 is 0 Å². The van der Waals surface area contributed by atoms with Gasteiger partial charge < -0.3 is 0 Å². The number of hydrogen-bond acceptors (Lipinski definition) is 2. The number of nitrogens with zero attached hydrogens (tertiary/aromatic N) is 1. The van der Waals surface area contributed by atoms with Crippen molar-refractivity contribution < 1.29 is 4.79 Å². The molecule has 0 spiro atoms. The molecule has 1 unspecified atom stereocenters. The Kier molecular flexibility index (Phi) is 4.76. The Morgan fingerprint density at radius 2 is 2.33 bits per heavy atom. The van der Waals surface area contributed by atoms with E-state index in [0.29, 0.717) is 11.4 Å². The third kappa shape index (κ3) is 3.63. The molecule has 0 amide bonds. The number of hydrogen-bond donors (Lipinski definition) is 0. The number of pyridine rings is 1. The van der Waals surface area contributed by atoms with E-state index in [4.69, 9.17) is 11.6 Å². The van der Waals surface area contributed by atoms with Gasteiger partial charge in [0.25, 0.3) is 0 Å². The Hall–Kier alpha value is -0.890. The summed E-state index contributed by atoms with van der Waals surface area (Å²) in [6, 6.07) is 1.80. The average Bonchev–Trinajstić information content (AvgIpc) is 2.21. The van der Waals surface area contributed by atoms with Gasteiger partial charge in [-0.3, -0.25) is 9.78 Å². The van der Waals surface area contributed by atoms with Gasteiger partial charge in [-0.2, -0.15) is 0 Å². The monoisotopic (exact) mass is 225 g/mol. The minimum absolute atomic E-state index is 0.124. The van der Waals surface area contributed by atoms with Crippen molar-refractivity contribution in [2.24, 2.45) is 5.92 Å². The Labute approximate surface area is 95.7 Å². The van der Waals surface area contributed by atoms with E-state index in [2.05, 4.69) is 11.9 Å². The molecule has 0 bridgehead atoms. The molecule has 0 aromatic carbocycles. The topological polar surface area (TPSA) is 30.0 Å². The van der Waals surface area contributed by atoms with Crippen molar-refractivity contribution in [2.45, 2.75) is 33.1 Å². The highest BCUT2D eigenvalue weighted by Gasteiger charge is 2.13. The molecule has 82 valence electrons. The fourth-order valence-electron chi connectivity index (χ4n) is 1.50. The van der Waals surface area contributed by atoms with E-state index in [-0.39, 0.29) is 11.7 Å². The van der Waals surface area contributed by atoms with Gasteiger partial charge in [0.15, 0.2) is 0 Å². The predicted octanol–water partition coefficient (Wildman–Crippen LogP) is 3.28. The Balaban J connectivity index is 2.62. The summed E-state index contributed by atoms with van der Waals surface area (Å²) < 4.78 is 0. The molecule has 15 heavy (non-hydrogen) atoms. The third-order valence-corrected chi connectivity index (χ3v) is 2.83. The van der Waals surface area contributed by atoms with Crippen LogP contribution in [0.25, 0.3) is 0 Å². The zero-order valence-corrected chi connectivity index (χ0v) is 9.92. The van der Waals surface area contributed by atoms with Crippen LogP contribution in [0.2, 0.25) is 5.02 Å². The second kappa shape index (κ2) is 5.86. The molecule has 0 N–H and O–H groups in total. The van der Waals surface area contributed by atoms with Crippen LogP contribution in [-0.4, -0.2) is 10.8 Å². The molecule has 0 saturated carbocycles. The first-order valence-corrected chi connectivity index (χ1v) is 5.64. The molecule has 0 fully saturated rings. The van der Waals surface area contributed by atoms with E-state index in [1.807, 2.05) is 6.92 Å². The third-order valence-electron chi connectivity index (χ3n) is 2.49. The summed E-state index contributed by atoms with van der Waals surface area (Å²) in [5, 5.41) is 0.578. The smallest absolute Gasteiger partial charge is 0.140 e. The maximum absolute atomic E-state index is 11.8. The average molecular weight is 226 g/mol. The van der Waals surface area contributed by atoms with Gasteiger partial charge in [0.2, 0.25) is 0 Å². The van der Waals surface area contributed by atoms with Crippen molar-refractivity contribution in [3.05, 3.63) is 29.0 Å². The van der Waals surface area contributed by atoms with E-state index in [0.717, 1.165) is 18.4 Å². The molecule has 3 heteroatoms. The van der Waals surface area contributed by atoms with Gasteiger partial charge in [0.1, 0.15) is 5.78 Å². The maximum Gasteiger partial charge on any atom is 0.140 e. The summed E-state index contributed by atoms with van der Waals surface area (Å²) in [4.78, 5) is 15.7. The number of carbonyl (C=O) groups excluding carboxylic acids is 1. The second-order valence-corrected chi connectivity index (χ2v) is 4.21. The summed E-state index contributed by atoms with van der Waals surface area (Å²) in [7, 11) is 0. The van der Waals surface area contributed by atoms with Crippen LogP contribution in [0.15, 0.2) is 18.5 Å². The molecule has 0 saturated heterocycles. The molecule has 0 radical (unpaired) electrons. The zero-order chi connectivity index (χ0) is 11.3. The zero-order valence-electron chi connectivity index (χ0n) is 9.16. The lowest BCUT2D eigenvalue weighted by molar-refractivity contribution is -0.121. The second-order valence-electron chi connectivity index (χ2n) is 3.80. The molecule has 1 aromatic rings. The Morgan fingerprint density at radius 3 is 2.93 bits per heavy atom. The van der Waals surface area contributed by atoms with Crippen LogP contribution >= 0.6 is 11.6 Å². The first-order chi connectivity index (χ1) is 7.15. The minimum Gasteiger partial charge on any atom is -0.299 e. The molecule has 0 aliphatic rings. The van der Waals surface area contributed by atoms with Gasteiger partial charge in [-0.05, 0) is 18.1 Å². The molecule has 1 heterocycles. The van der Waals surface area contributed by atoms with E-state index in [1.165, 1.54) is 0 Å². The number of carbonyl (C=O) groups is 1. The fraction of sp³-hybridized carbons (Fsp3) is 0.500. The Morgan fingerprint density at radius 1 is 1.60 bits per heavy atom. The highest BCUT2D eigenvalue weighted by Crippen LogP contribution is 2.17. The molecule has 1 atom stereocenters. The summed E-state index contributed by atoms with van der Waals surface area (Å²) in [6.45, 7) is 4.06. The Bertz CT molecular complexity index is 338. The quantitative estimate of drug-likeness (QED) is 0.770. The number of halogens is 1. The van der Waals surface area contributed by atoms with Crippen LogP contribution in [0.4, 0.5) is 0 Å². The number of aromatic nitrogens is 1. The highest BCUT2D eigenvalue weighted by atomic mass is 35.5. The molecule has 1 aromatic heterocycles. The first kappa shape index (κ1) is 12.2. The van der Waals surface area contributed by atoms with Crippen molar-refractivity contribution in [3.63, 3.8) is 0 Å². The number of Topliss-reactive ketones (excluding diaryl/α,β-unsaturated/α-hetero) is 1. The van der Waals surface area contributed by atoms with Crippen molar-refractivity contribution in [3.8, 4) is 0 Å². The van der Waals surface area contributed by atoms with Crippen LogP contribution in [0.1, 0.15) is 32.3 Å². The predicted molar refractivity (Wildman–Crippen MR) is 62.0 cm³/mol. The van der Waals surface area contributed by atoms with E-state index in [1.54, 1.807) is 18.5 Å². The van der Waals surface area contributed by atoms with Gasteiger partial charge in [-0.25, -0.2) is 0 Å². The molecular formula is C12H16ClNO. The van der Waals surface area contributed by atoms with Gasteiger partial charge in [0.05, 0.1) is 5.02 Å². The van der Waals surface area contributed by atoms with Crippen LogP contribution in [0, 0.1) is 5.92 Å². The highest BCUT2D eigenvalue weighted by molar-refractivity contribution is 6.31. The maximum atomic E-state index is 11.8. The molecule has 0 aliphatic heterocycles. The minimum atomic E-state index is 0.124. The molecule has 0 aliphatic carbocycles. The van der Waals surface area contributed by atoms with Crippen molar-refractivity contribution >= 4 is 17.4 Å². The van der Waals surface area contributed by atoms with Gasteiger partial charge in [-0.15, -0.1) is 0 Å². The lowest BCUT2D eigenvalue weighted by atomic mass is 9.96. The van der Waals surface area contributed by atoms with Crippen LogP contribution in [0.3, 0.4) is 0 Å². The van der Waals surface area contributed by atoms with Crippen LogP contribution < -0.4 is 0 Å². The normalized spacial score (nSPS) is 12.5. The SMILES string of the molecule is CCCC(C)C(=O)Cc1ccncc1Cl. The number of rotatable bonds is 5. The van der Waals surface area contributed by atoms with Gasteiger partial charge in [-0.1, -0.05) is 31.9 Å². The summed E-state index contributed by atoms with van der Waals surface area (Å²) in [5.74, 6) is 0.379. The van der Waals surface area contributed by atoms with Crippen molar-refractivity contribution in [1.82, 2.24) is 4.98 Å². The van der Waals surface area contributed by atoms with E-state index < -0.39 is 0 Å². The van der Waals surface area contributed by atoms with Crippen molar-refractivity contribution in [2.75, 3.05) is 0 Å². The fourth-order valence-corrected chi connectivity index (χ4v) is 1.69. The van der Waals surface area contributed by atoms with E-state index >= 15 is 0 Å². The summed E-state index contributed by atoms with van der Waals surface area (Å²) in [6.07, 6.45) is 5.65. The van der Waals surface area contributed by atoms with Crippen LogP contribution in [-0.2, 0) is 11.2 Å². The first-order valence-electron chi connectivity index (χ1n) is 5.26. The van der Waals surface area contributed by atoms with Gasteiger partial charge in [0, 0.05) is 24.7 Å². The molecule has 2 nitrogen and oxygen atoms in total. The lowest BCUT2D eigenvalue weighted by Gasteiger charge is -2.09. The summed E-state index contributed by atoms with van der Waals surface area (Å²) in [5.41, 5.74) is 0.875. The standard InChI is InChI=1S/C12H16ClNO/c1-3-4-9(2)12(15)7-10-5-6-14-8-11(10)13/h5-6,8-9H,3-4,7H2,1-2H3.